The van der Waals surface area contributed by atoms with Crippen LogP contribution in [-0.4, -0.2) is 43.5 Å². The number of nitrogens with zero attached hydrogens (tertiary/aromatic N) is 3. The lowest BCUT2D eigenvalue weighted by Gasteiger charge is -2.16. The molecular weight excluding hydrogens is 427 g/mol. The molecule has 0 aliphatic carbocycles. The number of aromatic nitrogens is 4. The van der Waals surface area contributed by atoms with Crippen molar-refractivity contribution in [2.45, 2.75) is 42.8 Å². The van der Waals surface area contributed by atoms with E-state index in [2.05, 4.69) is 15.2 Å². The minimum Gasteiger partial charge on any atom is -0.376 e. The van der Waals surface area contributed by atoms with Crippen molar-refractivity contribution in [1.82, 2.24) is 19.7 Å². The number of nitrogens with one attached hydrogen (secondary N) is 1. The molecule has 3 heterocycles. The van der Waals surface area contributed by atoms with Gasteiger partial charge in [-0.3, -0.25) is 9.36 Å². The fourth-order valence-electron chi connectivity index (χ4n) is 4.05. The number of ketones is 1. The number of para-hydroxylation sites is 1. The number of hydrogen-bond donors (Lipinski definition) is 1. The Balaban J connectivity index is 1.44. The van der Waals surface area contributed by atoms with E-state index in [-0.39, 0.29) is 23.0 Å². The molecule has 0 unspecified atom stereocenters. The van der Waals surface area contributed by atoms with Crippen LogP contribution in [0.25, 0.3) is 22.3 Å². The highest BCUT2D eigenvalue weighted by Crippen LogP contribution is 2.31. The molecule has 0 amide bonds. The van der Waals surface area contributed by atoms with E-state index >= 15 is 0 Å². The van der Waals surface area contributed by atoms with Gasteiger partial charge in [0.2, 0.25) is 0 Å². The Bertz CT molecular complexity index is 1240. The van der Waals surface area contributed by atoms with Crippen LogP contribution in [0.1, 0.15) is 30.1 Å². The normalized spacial score (nSPS) is 17.1. The fourth-order valence-corrected chi connectivity index (χ4v) is 4.98. The third kappa shape index (κ3) is 4.08. The number of carbonyl (C=O) groups is 1. The molecule has 1 fully saturated rings. The first kappa shape index (κ1) is 20.9. The number of H-pyrrole nitrogens is 1. The van der Waals surface area contributed by atoms with Crippen LogP contribution in [0.4, 0.5) is 4.39 Å². The molecular formula is C24H23FN4O2S. The molecule has 164 valence electrons. The van der Waals surface area contributed by atoms with Gasteiger partial charge in [-0.15, -0.1) is 10.2 Å². The van der Waals surface area contributed by atoms with E-state index in [1.54, 1.807) is 18.3 Å². The maximum absolute atomic E-state index is 13.4. The van der Waals surface area contributed by atoms with Crippen LogP contribution in [0.3, 0.4) is 0 Å². The standard InChI is InChI=1S/C24H23FN4O2S/c1-15(22(30)20-13-26-21-7-3-2-6-19(20)21)32-24-28-27-23(16-8-10-17(25)11-9-16)29(24)14-18-5-4-12-31-18/h2-3,6-11,13,15,18,26H,4-5,12,14H2,1H3/t15-,18-/m1/s1. The SMILES string of the molecule is C[C@@H](Sc1nnc(-c2ccc(F)cc2)n1C[C@H]1CCCO1)C(=O)c1c[nH]c2ccccc12. The summed E-state index contributed by atoms with van der Waals surface area (Å²) in [6.45, 7) is 3.23. The second-order valence-corrected chi connectivity index (χ2v) is 9.24. The highest BCUT2D eigenvalue weighted by molar-refractivity contribution is 8.00. The van der Waals surface area contributed by atoms with Crippen molar-refractivity contribution in [3.05, 3.63) is 66.1 Å². The quantitative estimate of drug-likeness (QED) is 0.313. The zero-order valence-electron chi connectivity index (χ0n) is 17.6. The Morgan fingerprint density at radius 1 is 1.25 bits per heavy atom. The van der Waals surface area contributed by atoms with Crippen molar-refractivity contribution in [3.8, 4) is 11.4 Å². The summed E-state index contributed by atoms with van der Waals surface area (Å²) >= 11 is 1.38. The van der Waals surface area contributed by atoms with Crippen LogP contribution in [0.2, 0.25) is 0 Å². The predicted molar refractivity (Wildman–Crippen MR) is 122 cm³/mol. The minimum absolute atomic E-state index is 0.0300. The molecule has 5 rings (SSSR count). The van der Waals surface area contributed by atoms with Gasteiger partial charge in [-0.05, 0) is 50.1 Å². The first-order valence-electron chi connectivity index (χ1n) is 10.7. The number of ether oxygens (including phenoxy) is 1. The lowest BCUT2D eigenvalue weighted by molar-refractivity contribution is 0.0953. The Hall–Kier alpha value is -2.97. The van der Waals surface area contributed by atoms with Crippen molar-refractivity contribution in [2.75, 3.05) is 6.61 Å². The van der Waals surface area contributed by atoms with E-state index in [1.165, 1.54) is 23.9 Å². The van der Waals surface area contributed by atoms with Crippen molar-refractivity contribution in [2.24, 2.45) is 0 Å². The summed E-state index contributed by atoms with van der Waals surface area (Å²) in [4.78, 5) is 16.4. The summed E-state index contributed by atoms with van der Waals surface area (Å²) in [7, 11) is 0. The van der Waals surface area contributed by atoms with E-state index in [0.29, 0.717) is 23.1 Å². The molecule has 8 heteroatoms. The van der Waals surface area contributed by atoms with E-state index in [1.807, 2.05) is 35.8 Å². The maximum Gasteiger partial charge on any atom is 0.192 e. The molecule has 1 N–H and O–H groups in total. The van der Waals surface area contributed by atoms with Gasteiger partial charge in [-0.2, -0.15) is 0 Å². The molecule has 1 aliphatic rings. The fraction of sp³-hybridized carbons (Fsp3) is 0.292. The van der Waals surface area contributed by atoms with Crippen LogP contribution >= 0.6 is 11.8 Å². The van der Waals surface area contributed by atoms with E-state index in [0.717, 1.165) is 35.9 Å². The smallest absolute Gasteiger partial charge is 0.192 e. The van der Waals surface area contributed by atoms with Gasteiger partial charge >= 0.3 is 0 Å². The molecule has 0 saturated carbocycles. The number of halogens is 1. The summed E-state index contributed by atoms with van der Waals surface area (Å²) in [5.41, 5.74) is 2.39. The molecule has 6 nitrogen and oxygen atoms in total. The first-order valence-corrected chi connectivity index (χ1v) is 11.6. The van der Waals surface area contributed by atoms with Crippen LogP contribution < -0.4 is 0 Å². The van der Waals surface area contributed by atoms with Crippen LogP contribution in [0.15, 0.2) is 59.9 Å². The summed E-state index contributed by atoms with van der Waals surface area (Å²) in [5, 5.41) is 9.98. The number of carbonyl (C=O) groups excluding carboxylic acids is 1. The molecule has 4 aromatic rings. The Morgan fingerprint density at radius 3 is 2.84 bits per heavy atom. The lowest BCUT2D eigenvalue weighted by Crippen LogP contribution is -2.19. The Kier molecular flexibility index (Phi) is 5.80. The number of hydrogen-bond acceptors (Lipinski definition) is 5. The third-order valence-corrected chi connectivity index (χ3v) is 6.82. The van der Waals surface area contributed by atoms with E-state index in [9.17, 15) is 9.18 Å². The summed E-state index contributed by atoms with van der Waals surface area (Å²) in [6.07, 6.45) is 3.83. The van der Waals surface area contributed by atoms with Crippen molar-refractivity contribution < 1.29 is 13.9 Å². The highest BCUT2D eigenvalue weighted by atomic mass is 32.2. The molecule has 0 bridgehead atoms. The first-order chi connectivity index (χ1) is 15.6. The zero-order chi connectivity index (χ0) is 22.1. The molecule has 2 aromatic carbocycles. The largest absolute Gasteiger partial charge is 0.376 e. The van der Waals surface area contributed by atoms with Gasteiger partial charge in [0.1, 0.15) is 5.82 Å². The second-order valence-electron chi connectivity index (χ2n) is 7.93. The summed E-state index contributed by atoms with van der Waals surface area (Å²) in [6, 6.07) is 14.0. The highest BCUT2D eigenvalue weighted by Gasteiger charge is 2.26. The molecule has 2 atom stereocenters. The molecule has 0 radical (unpaired) electrons. The van der Waals surface area contributed by atoms with Gasteiger partial charge in [-0.1, -0.05) is 30.0 Å². The van der Waals surface area contributed by atoms with Gasteiger partial charge in [0.15, 0.2) is 16.8 Å². The molecule has 0 spiro atoms. The molecule has 1 saturated heterocycles. The molecule has 1 aliphatic heterocycles. The van der Waals surface area contributed by atoms with Gasteiger partial charge in [-0.25, -0.2) is 4.39 Å². The third-order valence-electron chi connectivity index (χ3n) is 5.74. The number of benzene rings is 2. The van der Waals surface area contributed by atoms with Crippen molar-refractivity contribution >= 4 is 28.4 Å². The number of aromatic amines is 1. The average Bonchev–Trinajstić information content (AvgIpc) is 3.55. The zero-order valence-corrected chi connectivity index (χ0v) is 18.4. The number of Topliss-reactive ketones (excluding diaryl/α,β-unsaturated/α-hetero) is 1. The maximum atomic E-state index is 13.4. The number of thioether (sulfide) groups is 1. The van der Waals surface area contributed by atoms with E-state index < -0.39 is 0 Å². The predicted octanol–water partition coefficient (Wildman–Crippen LogP) is 5.11. The van der Waals surface area contributed by atoms with Crippen LogP contribution in [-0.2, 0) is 11.3 Å². The molecule has 2 aromatic heterocycles. The second kappa shape index (κ2) is 8.88. The summed E-state index contributed by atoms with van der Waals surface area (Å²) in [5.74, 6) is 0.378. The summed E-state index contributed by atoms with van der Waals surface area (Å²) < 4.78 is 21.3. The lowest BCUT2D eigenvalue weighted by atomic mass is 10.1. The van der Waals surface area contributed by atoms with Crippen molar-refractivity contribution in [1.29, 1.82) is 0 Å². The Labute approximate surface area is 189 Å². The monoisotopic (exact) mass is 450 g/mol. The van der Waals surface area contributed by atoms with Crippen LogP contribution in [0.5, 0.6) is 0 Å². The van der Waals surface area contributed by atoms with Gasteiger partial charge in [0.05, 0.1) is 17.9 Å². The van der Waals surface area contributed by atoms with Crippen molar-refractivity contribution in [3.63, 3.8) is 0 Å². The average molecular weight is 451 g/mol. The topological polar surface area (TPSA) is 72.8 Å². The van der Waals surface area contributed by atoms with Crippen LogP contribution in [0, 0.1) is 5.82 Å². The van der Waals surface area contributed by atoms with Gasteiger partial charge < -0.3 is 9.72 Å². The minimum atomic E-state index is -0.359. The number of rotatable bonds is 7. The van der Waals surface area contributed by atoms with Gasteiger partial charge in [0, 0.05) is 34.8 Å². The van der Waals surface area contributed by atoms with E-state index in [4.69, 9.17) is 4.74 Å². The Morgan fingerprint density at radius 2 is 2.06 bits per heavy atom. The number of fused-ring (bicyclic) bond motifs is 1. The van der Waals surface area contributed by atoms with Gasteiger partial charge in [0.25, 0.3) is 0 Å². The molecule has 32 heavy (non-hydrogen) atoms.